The van der Waals surface area contributed by atoms with Crippen molar-refractivity contribution in [3.8, 4) is 0 Å². The molecular formula is C10H13NO3S. The Morgan fingerprint density at radius 2 is 2.40 bits per heavy atom. The van der Waals surface area contributed by atoms with Gasteiger partial charge in [-0.3, -0.25) is 4.79 Å². The van der Waals surface area contributed by atoms with E-state index in [-0.39, 0.29) is 6.61 Å². The molecule has 1 rings (SSSR count). The van der Waals surface area contributed by atoms with Gasteiger partial charge in [-0.15, -0.1) is 0 Å². The minimum atomic E-state index is -0.997. The number of thioether (sulfide) groups is 1. The van der Waals surface area contributed by atoms with Crippen LogP contribution in [0.3, 0.4) is 0 Å². The molecule has 1 aromatic heterocycles. The third-order valence-electron chi connectivity index (χ3n) is 1.84. The van der Waals surface area contributed by atoms with Crippen LogP contribution >= 0.6 is 11.8 Å². The molecule has 0 aliphatic rings. The topological polar surface area (TPSA) is 59.4 Å². The maximum atomic E-state index is 11.1. The number of hydrogen-bond donors (Lipinski definition) is 1. The Kier molecular flexibility index (Phi) is 4.11. The van der Waals surface area contributed by atoms with Crippen molar-refractivity contribution >= 4 is 17.7 Å². The molecule has 0 bridgehead atoms. The van der Waals surface area contributed by atoms with E-state index in [1.165, 1.54) is 18.9 Å². The van der Waals surface area contributed by atoms with Crippen molar-refractivity contribution < 1.29 is 14.6 Å². The zero-order valence-electron chi connectivity index (χ0n) is 8.64. The predicted octanol–water partition coefficient (Wildman–Crippen LogP) is 1.66. The largest absolute Gasteiger partial charge is 0.480 e. The molecule has 0 amide bonds. The van der Waals surface area contributed by atoms with Crippen LogP contribution in [0, 0.1) is 0 Å². The van der Waals surface area contributed by atoms with Gasteiger partial charge in [0.1, 0.15) is 4.75 Å². The Morgan fingerprint density at radius 1 is 1.67 bits per heavy atom. The Balaban J connectivity index is 2.80. The standard InChI is InChI=1S/C10H13NO3S/c1-10(7-14-2,9(12)13)15-8-5-3-4-6-11-8/h3-6H,7H2,1-2H3,(H,12,13). The lowest BCUT2D eigenvalue weighted by Gasteiger charge is -2.22. The molecule has 0 saturated carbocycles. The number of ether oxygens (including phenoxy) is 1. The quantitative estimate of drug-likeness (QED) is 0.775. The van der Waals surface area contributed by atoms with E-state index < -0.39 is 10.7 Å². The van der Waals surface area contributed by atoms with Gasteiger partial charge in [0.15, 0.2) is 0 Å². The van der Waals surface area contributed by atoms with Crippen molar-refractivity contribution in [2.75, 3.05) is 13.7 Å². The van der Waals surface area contributed by atoms with E-state index in [0.29, 0.717) is 5.03 Å². The SMILES string of the molecule is COCC(C)(Sc1ccccn1)C(=O)O. The summed E-state index contributed by atoms with van der Waals surface area (Å²) in [4.78, 5) is 15.2. The van der Waals surface area contributed by atoms with Crippen molar-refractivity contribution in [3.05, 3.63) is 24.4 Å². The first kappa shape index (κ1) is 12.0. The highest BCUT2D eigenvalue weighted by Crippen LogP contribution is 2.31. The van der Waals surface area contributed by atoms with Crippen LogP contribution in [-0.2, 0) is 9.53 Å². The lowest BCUT2D eigenvalue weighted by Crippen LogP contribution is -2.36. The number of aliphatic carboxylic acids is 1. The number of carboxylic acids is 1. The van der Waals surface area contributed by atoms with Crippen LogP contribution in [0.1, 0.15) is 6.92 Å². The highest BCUT2D eigenvalue weighted by Gasteiger charge is 2.35. The summed E-state index contributed by atoms with van der Waals surface area (Å²) < 4.78 is 3.91. The molecule has 1 aromatic rings. The van der Waals surface area contributed by atoms with Crippen LogP contribution in [0.15, 0.2) is 29.4 Å². The van der Waals surface area contributed by atoms with Crippen LogP contribution < -0.4 is 0 Å². The van der Waals surface area contributed by atoms with Gasteiger partial charge in [-0.05, 0) is 19.1 Å². The second-order valence-corrected chi connectivity index (χ2v) is 4.76. The fourth-order valence-corrected chi connectivity index (χ4v) is 2.03. The first-order chi connectivity index (χ1) is 7.08. The Labute approximate surface area is 92.7 Å². The summed E-state index contributed by atoms with van der Waals surface area (Å²) in [6.07, 6.45) is 1.64. The Bertz CT molecular complexity index is 331. The number of methoxy groups -OCH3 is 1. The summed E-state index contributed by atoms with van der Waals surface area (Å²) in [5.41, 5.74) is 0. The number of carboxylic acid groups (broad SMARTS) is 1. The molecule has 1 N–H and O–H groups in total. The summed E-state index contributed by atoms with van der Waals surface area (Å²) in [7, 11) is 1.49. The Morgan fingerprint density at radius 3 is 2.87 bits per heavy atom. The highest BCUT2D eigenvalue weighted by atomic mass is 32.2. The first-order valence-electron chi connectivity index (χ1n) is 4.41. The average Bonchev–Trinajstić information content (AvgIpc) is 2.19. The molecule has 1 heterocycles. The van der Waals surface area contributed by atoms with Crippen LogP contribution in [0.25, 0.3) is 0 Å². The van der Waals surface area contributed by atoms with Crippen molar-refractivity contribution in [1.29, 1.82) is 0 Å². The molecule has 0 saturated heterocycles. The number of hydrogen-bond acceptors (Lipinski definition) is 4. The van der Waals surface area contributed by atoms with Gasteiger partial charge in [0.2, 0.25) is 0 Å². The summed E-state index contributed by atoms with van der Waals surface area (Å²) >= 11 is 1.19. The number of carbonyl (C=O) groups is 1. The summed E-state index contributed by atoms with van der Waals surface area (Å²) in [6, 6.07) is 5.39. The summed E-state index contributed by atoms with van der Waals surface area (Å²) in [5, 5.41) is 9.78. The van der Waals surface area contributed by atoms with Gasteiger partial charge in [0, 0.05) is 13.3 Å². The molecule has 0 spiro atoms. The molecule has 1 atom stereocenters. The van der Waals surface area contributed by atoms with Gasteiger partial charge in [0.25, 0.3) is 0 Å². The zero-order chi connectivity index (χ0) is 11.3. The fraction of sp³-hybridized carbons (Fsp3) is 0.400. The molecule has 0 fully saturated rings. The smallest absolute Gasteiger partial charge is 0.322 e. The summed E-state index contributed by atoms with van der Waals surface area (Å²) in [5.74, 6) is -0.903. The number of pyridine rings is 1. The molecule has 0 aliphatic carbocycles. The molecule has 4 nitrogen and oxygen atoms in total. The van der Waals surface area contributed by atoms with E-state index in [9.17, 15) is 4.79 Å². The predicted molar refractivity (Wildman–Crippen MR) is 58.0 cm³/mol. The van der Waals surface area contributed by atoms with Gasteiger partial charge >= 0.3 is 5.97 Å². The van der Waals surface area contributed by atoms with E-state index >= 15 is 0 Å². The molecule has 1 unspecified atom stereocenters. The average molecular weight is 227 g/mol. The maximum absolute atomic E-state index is 11.1. The van der Waals surface area contributed by atoms with Crippen molar-refractivity contribution in [2.45, 2.75) is 16.7 Å². The minimum Gasteiger partial charge on any atom is -0.480 e. The Hall–Kier alpha value is -1.07. The number of aromatic nitrogens is 1. The van der Waals surface area contributed by atoms with Crippen molar-refractivity contribution in [3.63, 3.8) is 0 Å². The third kappa shape index (κ3) is 3.21. The lowest BCUT2D eigenvalue weighted by molar-refractivity contribution is -0.140. The van der Waals surface area contributed by atoms with Crippen LogP contribution in [0.2, 0.25) is 0 Å². The van der Waals surface area contributed by atoms with Crippen molar-refractivity contribution in [2.24, 2.45) is 0 Å². The maximum Gasteiger partial charge on any atom is 0.322 e. The molecular weight excluding hydrogens is 214 g/mol. The van der Waals surface area contributed by atoms with Crippen molar-refractivity contribution in [1.82, 2.24) is 4.98 Å². The summed E-state index contributed by atoms with van der Waals surface area (Å²) in [6.45, 7) is 1.77. The normalized spacial score (nSPS) is 14.5. The monoisotopic (exact) mass is 227 g/mol. The molecule has 15 heavy (non-hydrogen) atoms. The van der Waals surface area contributed by atoms with E-state index in [2.05, 4.69) is 4.98 Å². The molecule has 0 radical (unpaired) electrons. The van der Waals surface area contributed by atoms with Crippen LogP contribution in [0.4, 0.5) is 0 Å². The molecule has 5 heteroatoms. The zero-order valence-corrected chi connectivity index (χ0v) is 9.45. The van der Waals surface area contributed by atoms with E-state index in [1.54, 1.807) is 25.3 Å². The molecule has 82 valence electrons. The molecule has 0 aliphatic heterocycles. The van der Waals surface area contributed by atoms with Gasteiger partial charge < -0.3 is 9.84 Å². The highest BCUT2D eigenvalue weighted by molar-refractivity contribution is 8.01. The third-order valence-corrected chi connectivity index (χ3v) is 3.03. The van der Waals surface area contributed by atoms with Crippen LogP contribution in [0.5, 0.6) is 0 Å². The van der Waals surface area contributed by atoms with E-state index in [0.717, 1.165) is 0 Å². The molecule has 0 aromatic carbocycles. The van der Waals surface area contributed by atoms with Gasteiger partial charge in [-0.25, -0.2) is 4.98 Å². The second-order valence-electron chi connectivity index (χ2n) is 3.24. The van der Waals surface area contributed by atoms with Gasteiger partial charge in [-0.1, -0.05) is 17.8 Å². The number of rotatable bonds is 5. The number of nitrogens with zero attached hydrogens (tertiary/aromatic N) is 1. The van der Waals surface area contributed by atoms with E-state index in [4.69, 9.17) is 9.84 Å². The first-order valence-corrected chi connectivity index (χ1v) is 5.22. The lowest BCUT2D eigenvalue weighted by atomic mass is 10.2. The second kappa shape index (κ2) is 5.14. The minimum absolute atomic E-state index is 0.142. The van der Waals surface area contributed by atoms with Crippen LogP contribution in [-0.4, -0.2) is 34.5 Å². The van der Waals surface area contributed by atoms with Gasteiger partial charge in [0.05, 0.1) is 11.6 Å². The fourth-order valence-electron chi connectivity index (χ4n) is 1.05. The van der Waals surface area contributed by atoms with E-state index in [1.807, 2.05) is 6.07 Å². The van der Waals surface area contributed by atoms with Gasteiger partial charge in [-0.2, -0.15) is 0 Å².